The van der Waals surface area contributed by atoms with Gasteiger partial charge in [0, 0.05) is 11.3 Å². The van der Waals surface area contributed by atoms with E-state index in [1.165, 1.54) is 6.07 Å². The Morgan fingerprint density at radius 3 is 2.71 bits per heavy atom. The van der Waals surface area contributed by atoms with Crippen LogP contribution in [0.25, 0.3) is 0 Å². The highest BCUT2D eigenvalue weighted by Gasteiger charge is 2.07. The first-order valence-corrected chi connectivity index (χ1v) is 6.44. The molecule has 21 heavy (non-hydrogen) atoms. The molecule has 0 amide bonds. The SMILES string of the molecule is C=CCc1cc(N)ccc1OCc1ccc(C#N)cc1F. The van der Waals surface area contributed by atoms with E-state index in [0.29, 0.717) is 23.4 Å². The van der Waals surface area contributed by atoms with Gasteiger partial charge in [-0.3, -0.25) is 0 Å². The van der Waals surface area contributed by atoms with Gasteiger partial charge in [-0.05, 0) is 42.3 Å². The third-order valence-corrected chi connectivity index (χ3v) is 3.01. The van der Waals surface area contributed by atoms with Crippen molar-refractivity contribution in [2.24, 2.45) is 0 Å². The molecule has 4 heteroatoms. The molecular formula is C17H15FN2O. The minimum atomic E-state index is -0.449. The maximum atomic E-state index is 13.8. The Bertz CT molecular complexity index is 704. The molecule has 2 rings (SSSR count). The van der Waals surface area contributed by atoms with Gasteiger partial charge in [0.05, 0.1) is 11.6 Å². The van der Waals surface area contributed by atoms with Crippen LogP contribution >= 0.6 is 0 Å². The summed E-state index contributed by atoms with van der Waals surface area (Å²) in [5, 5.41) is 8.71. The van der Waals surface area contributed by atoms with E-state index in [1.807, 2.05) is 12.1 Å². The molecule has 106 valence electrons. The number of nitrogen functional groups attached to an aromatic ring is 1. The van der Waals surface area contributed by atoms with E-state index in [0.717, 1.165) is 5.56 Å². The highest BCUT2D eigenvalue weighted by atomic mass is 19.1. The Morgan fingerprint density at radius 1 is 1.24 bits per heavy atom. The number of anilines is 1. The molecular weight excluding hydrogens is 267 g/mol. The highest BCUT2D eigenvalue weighted by molar-refractivity contribution is 5.48. The fourth-order valence-corrected chi connectivity index (χ4v) is 1.94. The average Bonchev–Trinajstić information content (AvgIpc) is 2.48. The lowest BCUT2D eigenvalue weighted by atomic mass is 10.1. The van der Waals surface area contributed by atoms with Crippen molar-refractivity contribution >= 4 is 5.69 Å². The van der Waals surface area contributed by atoms with Crippen LogP contribution in [0.1, 0.15) is 16.7 Å². The third-order valence-electron chi connectivity index (χ3n) is 3.01. The first-order valence-electron chi connectivity index (χ1n) is 6.44. The number of rotatable bonds is 5. The zero-order valence-corrected chi connectivity index (χ0v) is 11.5. The summed E-state index contributed by atoms with van der Waals surface area (Å²) in [6.45, 7) is 3.78. The van der Waals surface area contributed by atoms with E-state index in [9.17, 15) is 4.39 Å². The van der Waals surface area contributed by atoms with E-state index in [1.54, 1.807) is 30.3 Å². The Kier molecular flexibility index (Phi) is 4.57. The van der Waals surface area contributed by atoms with E-state index >= 15 is 0 Å². The molecule has 0 fully saturated rings. The molecule has 3 nitrogen and oxygen atoms in total. The lowest BCUT2D eigenvalue weighted by Gasteiger charge is -2.12. The van der Waals surface area contributed by atoms with Crippen LogP contribution in [-0.2, 0) is 13.0 Å². The summed E-state index contributed by atoms with van der Waals surface area (Å²) in [7, 11) is 0. The molecule has 2 aromatic carbocycles. The number of benzene rings is 2. The van der Waals surface area contributed by atoms with Crippen molar-refractivity contribution in [1.82, 2.24) is 0 Å². The number of nitrogens with zero attached hydrogens (tertiary/aromatic N) is 1. The van der Waals surface area contributed by atoms with Crippen molar-refractivity contribution in [1.29, 1.82) is 5.26 Å². The molecule has 0 atom stereocenters. The van der Waals surface area contributed by atoms with Gasteiger partial charge in [-0.15, -0.1) is 6.58 Å². The van der Waals surface area contributed by atoms with Gasteiger partial charge in [-0.25, -0.2) is 4.39 Å². The topological polar surface area (TPSA) is 59.0 Å². The molecule has 0 heterocycles. The molecule has 2 aromatic rings. The second-order valence-electron chi connectivity index (χ2n) is 4.57. The Balaban J connectivity index is 2.16. The van der Waals surface area contributed by atoms with Crippen LogP contribution in [0.5, 0.6) is 5.75 Å². The minimum absolute atomic E-state index is 0.0889. The normalized spacial score (nSPS) is 9.90. The number of hydrogen-bond acceptors (Lipinski definition) is 3. The standard InChI is InChI=1S/C17H15FN2O/c1-2-3-13-9-15(20)6-7-17(13)21-11-14-5-4-12(10-19)8-16(14)18/h2,4-9H,1,3,11,20H2. The number of allylic oxidation sites excluding steroid dienone is 1. The third kappa shape index (κ3) is 3.61. The van der Waals surface area contributed by atoms with Crippen molar-refractivity contribution in [2.45, 2.75) is 13.0 Å². The molecule has 0 spiro atoms. The Labute approximate surface area is 123 Å². The Morgan fingerprint density at radius 2 is 2.05 bits per heavy atom. The fraction of sp³-hybridized carbons (Fsp3) is 0.118. The maximum absolute atomic E-state index is 13.8. The summed E-state index contributed by atoms with van der Waals surface area (Å²) in [5.41, 5.74) is 7.97. The first kappa shape index (κ1) is 14.6. The van der Waals surface area contributed by atoms with Gasteiger partial charge >= 0.3 is 0 Å². The van der Waals surface area contributed by atoms with E-state index < -0.39 is 5.82 Å². The van der Waals surface area contributed by atoms with Crippen molar-refractivity contribution in [3.05, 3.63) is 71.6 Å². The summed E-state index contributed by atoms with van der Waals surface area (Å²) in [4.78, 5) is 0. The maximum Gasteiger partial charge on any atom is 0.131 e. The number of ether oxygens (including phenoxy) is 1. The highest BCUT2D eigenvalue weighted by Crippen LogP contribution is 2.24. The number of nitrogens with two attached hydrogens (primary N) is 1. The molecule has 2 N–H and O–H groups in total. The van der Waals surface area contributed by atoms with Crippen LogP contribution in [0, 0.1) is 17.1 Å². The summed E-state index contributed by atoms with van der Waals surface area (Å²) in [5.74, 6) is 0.197. The van der Waals surface area contributed by atoms with Gasteiger partial charge in [0.2, 0.25) is 0 Å². The molecule has 0 unspecified atom stereocenters. The van der Waals surface area contributed by atoms with Crippen LogP contribution in [-0.4, -0.2) is 0 Å². The fourth-order valence-electron chi connectivity index (χ4n) is 1.94. The zero-order valence-electron chi connectivity index (χ0n) is 11.5. The molecule has 0 bridgehead atoms. The van der Waals surface area contributed by atoms with E-state index in [-0.39, 0.29) is 12.2 Å². The van der Waals surface area contributed by atoms with E-state index in [4.69, 9.17) is 15.7 Å². The summed E-state index contributed by atoms with van der Waals surface area (Å²) >= 11 is 0. The van der Waals surface area contributed by atoms with Gasteiger partial charge in [0.15, 0.2) is 0 Å². The number of halogens is 1. The minimum Gasteiger partial charge on any atom is -0.489 e. The number of nitriles is 1. The first-order chi connectivity index (χ1) is 10.1. The lowest BCUT2D eigenvalue weighted by Crippen LogP contribution is -2.01. The smallest absolute Gasteiger partial charge is 0.131 e. The van der Waals surface area contributed by atoms with Crippen LogP contribution in [0.15, 0.2) is 49.1 Å². The van der Waals surface area contributed by atoms with Crippen LogP contribution < -0.4 is 10.5 Å². The van der Waals surface area contributed by atoms with Gasteiger partial charge in [-0.2, -0.15) is 5.26 Å². The zero-order chi connectivity index (χ0) is 15.2. The molecule has 0 saturated heterocycles. The van der Waals surface area contributed by atoms with Gasteiger partial charge < -0.3 is 10.5 Å². The summed E-state index contributed by atoms with van der Waals surface area (Å²) in [6, 6.07) is 11.5. The molecule has 0 aliphatic heterocycles. The van der Waals surface area contributed by atoms with Crippen LogP contribution in [0.2, 0.25) is 0 Å². The average molecular weight is 282 g/mol. The predicted octanol–water partition coefficient (Wildman–Crippen LogP) is 3.59. The van der Waals surface area contributed by atoms with Gasteiger partial charge in [-0.1, -0.05) is 12.1 Å². The van der Waals surface area contributed by atoms with Gasteiger partial charge in [0.25, 0.3) is 0 Å². The second kappa shape index (κ2) is 6.58. The quantitative estimate of drug-likeness (QED) is 0.673. The van der Waals surface area contributed by atoms with Crippen molar-refractivity contribution < 1.29 is 9.13 Å². The van der Waals surface area contributed by atoms with Crippen LogP contribution in [0.4, 0.5) is 10.1 Å². The Hall–Kier alpha value is -2.80. The molecule has 0 aromatic heterocycles. The number of hydrogen-bond donors (Lipinski definition) is 1. The summed E-state index contributed by atoms with van der Waals surface area (Å²) < 4.78 is 19.4. The van der Waals surface area contributed by atoms with Crippen molar-refractivity contribution in [2.75, 3.05) is 5.73 Å². The predicted molar refractivity (Wildman–Crippen MR) is 80.2 cm³/mol. The largest absolute Gasteiger partial charge is 0.489 e. The monoisotopic (exact) mass is 282 g/mol. The molecule has 0 saturated carbocycles. The van der Waals surface area contributed by atoms with E-state index in [2.05, 4.69) is 6.58 Å². The molecule has 0 radical (unpaired) electrons. The van der Waals surface area contributed by atoms with Crippen molar-refractivity contribution in [3.63, 3.8) is 0 Å². The van der Waals surface area contributed by atoms with Crippen LogP contribution in [0.3, 0.4) is 0 Å². The molecule has 0 aliphatic carbocycles. The molecule has 0 aliphatic rings. The lowest BCUT2D eigenvalue weighted by molar-refractivity contribution is 0.297. The van der Waals surface area contributed by atoms with Gasteiger partial charge in [0.1, 0.15) is 18.2 Å². The van der Waals surface area contributed by atoms with Crippen molar-refractivity contribution in [3.8, 4) is 11.8 Å². The summed E-state index contributed by atoms with van der Waals surface area (Å²) in [6.07, 6.45) is 2.38. The second-order valence-corrected chi connectivity index (χ2v) is 4.57.